The predicted molar refractivity (Wildman–Crippen MR) is 51.5 cm³/mol. The summed E-state index contributed by atoms with van der Waals surface area (Å²) in [5.41, 5.74) is 0.775. The lowest BCUT2D eigenvalue weighted by Crippen LogP contribution is -2.40. The molecule has 0 aliphatic rings. The first kappa shape index (κ1) is 14.5. The summed E-state index contributed by atoms with van der Waals surface area (Å²) in [5.74, 6) is -2.41. The first-order chi connectivity index (χ1) is 7.23. The average molecular weight is 238 g/mol. The van der Waals surface area contributed by atoms with Gasteiger partial charge in [-0.25, -0.2) is 0 Å². The van der Waals surface area contributed by atoms with Crippen LogP contribution in [0.2, 0.25) is 0 Å². The summed E-state index contributed by atoms with van der Waals surface area (Å²) in [4.78, 5) is 21.3. The molecule has 4 nitrogen and oxygen atoms in total. The Morgan fingerprint density at radius 3 is 2.06 bits per heavy atom. The van der Waals surface area contributed by atoms with Crippen LogP contribution in [-0.2, 0) is 9.59 Å². The molecule has 0 aromatic heterocycles. The highest BCUT2D eigenvalue weighted by Gasteiger charge is 2.38. The van der Waals surface area contributed by atoms with Crippen molar-refractivity contribution < 1.29 is 22.8 Å². The van der Waals surface area contributed by atoms with E-state index in [1.165, 1.54) is 6.08 Å². The van der Waals surface area contributed by atoms with Gasteiger partial charge in [-0.1, -0.05) is 5.57 Å². The van der Waals surface area contributed by atoms with Gasteiger partial charge in [-0.2, -0.15) is 13.2 Å². The molecule has 0 bridgehead atoms. The largest absolute Gasteiger partial charge is 0.471 e. The maximum absolute atomic E-state index is 11.7. The van der Waals surface area contributed by atoms with Crippen LogP contribution in [0.1, 0.15) is 13.8 Å². The molecule has 16 heavy (non-hydrogen) atoms. The van der Waals surface area contributed by atoms with Crippen molar-refractivity contribution in [2.75, 3.05) is 13.1 Å². The van der Waals surface area contributed by atoms with E-state index in [1.54, 1.807) is 19.2 Å². The molecule has 0 spiro atoms. The molecule has 0 saturated carbocycles. The van der Waals surface area contributed by atoms with E-state index < -0.39 is 18.0 Å². The van der Waals surface area contributed by atoms with E-state index in [0.29, 0.717) is 0 Å². The van der Waals surface area contributed by atoms with Crippen LogP contribution in [0.15, 0.2) is 11.6 Å². The van der Waals surface area contributed by atoms with Crippen LogP contribution in [0, 0.1) is 0 Å². The maximum atomic E-state index is 11.7. The Morgan fingerprint density at radius 1 is 1.12 bits per heavy atom. The number of hydrogen-bond acceptors (Lipinski definition) is 2. The number of allylic oxidation sites excluding steroid dienone is 1. The van der Waals surface area contributed by atoms with E-state index in [1.807, 2.05) is 0 Å². The molecule has 0 saturated heterocycles. The monoisotopic (exact) mass is 238 g/mol. The van der Waals surface area contributed by atoms with Gasteiger partial charge in [0.1, 0.15) is 0 Å². The number of amides is 2. The third kappa shape index (κ3) is 6.86. The van der Waals surface area contributed by atoms with Gasteiger partial charge >= 0.3 is 12.1 Å². The fourth-order valence-corrected chi connectivity index (χ4v) is 0.775. The number of alkyl halides is 3. The van der Waals surface area contributed by atoms with Gasteiger partial charge in [-0.15, -0.1) is 0 Å². The smallest absolute Gasteiger partial charge is 0.351 e. The number of rotatable bonds is 4. The molecule has 0 rings (SSSR count). The van der Waals surface area contributed by atoms with Crippen molar-refractivity contribution in [3.63, 3.8) is 0 Å². The molecule has 0 atom stereocenters. The van der Waals surface area contributed by atoms with E-state index in [9.17, 15) is 22.8 Å². The molecule has 0 radical (unpaired) electrons. The van der Waals surface area contributed by atoms with Crippen LogP contribution in [0.25, 0.3) is 0 Å². The molecular weight excluding hydrogens is 225 g/mol. The normalized spacial score (nSPS) is 10.6. The summed E-state index contributed by atoms with van der Waals surface area (Å²) in [6, 6.07) is 0. The zero-order valence-corrected chi connectivity index (χ0v) is 8.94. The standard InChI is InChI=1S/C9H13F3N2O2/c1-6(2)5-7(15)13-3-4-14-8(16)9(10,11)12/h5H,3-4H2,1-2H3,(H,13,15)(H,14,16). The lowest BCUT2D eigenvalue weighted by molar-refractivity contribution is -0.173. The van der Waals surface area contributed by atoms with E-state index in [4.69, 9.17) is 0 Å². The highest BCUT2D eigenvalue weighted by molar-refractivity contribution is 5.88. The molecule has 2 N–H and O–H groups in total. The molecule has 2 amide bonds. The van der Waals surface area contributed by atoms with Crippen molar-refractivity contribution in [1.29, 1.82) is 0 Å². The maximum Gasteiger partial charge on any atom is 0.471 e. The number of carbonyl (C=O) groups excluding carboxylic acids is 2. The minimum Gasteiger partial charge on any atom is -0.351 e. The zero-order valence-electron chi connectivity index (χ0n) is 8.94. The molecule has 0 aliphatic heterocycles. The summed E-state index contributed by atoms with van der Waals surface area (Å²) in [7, 11) is 0. The molecule has 0 aliphatic carbocycles. The van der Waals surface area contributed by atoms with Gasteiger partial charge < -0.3 is 10.6 Å². The van der Waals surface area contributed by atoms with Crippen molar-refractivity contribution in [2.24, 2.45) is 0 Å². The van der Waals surface area contributed by atoms with Crippen LogP contribution in [0.3, 0.4) is 0 Å². The van der Waals surface area contributed by atoms with Gasteiger partial charge in [0.05, 0.1) is 0 Å². The van der Waals surface area contributed by atoms with Crippen LogP contribution in [0.4, 0.5) is 13.2 Å². The van der Waals surface area contributed by atoms with Gasteiger partial charge in [0.25, 0.3) is 0 Å². The van der Waals surface area contributed by atoms with Gasteiger partial charge in [0.2, 0.25) is 5.91 Å². The Balaban J connectivity index is 3.74. The molecule has 0 heterocycles. The Hall–Kier alpha value is -1.53. The topological polar surface area (TPSA) is 58.2 Å². The lowest BCUT2D eigenvalue weighted by atomic mass is 10.3. The Kier molecular flexibility index (Phi) is 5.55. The highest BCUT2D eigenvalue weighted by atomic mass is 19.4. The van der Waals surface area contributed by atoms with Crippen molar-refractivity contribution in [3.8, 4) is 0 Å². The minimum absolute atomic E-state index is 0.0512. The minimum atomic E-state index is -4.89. The lowest BCUT2D eigenvalue weighted by Gasteiger charge is -2.07. The first-order valence-corrected chi connectivity index (χ1v) is 4.51. The number of halogens is 3. The van der Waals surface area contributed by atoms with Crippen molar-refractivity contribution in [3.05, 3.63) is 11.6 Å². The Labute approximate surface area is 90.9 Å². The van der Waals surface area contributed by atoms with Crippen LogP contribution in [0.5, 0.6) is 0 Å². The number of hydrogen-bond donors (Lipinski definition) is 2. The van der Waals surface area contributed by atoms with Gasteiger partial charge in [0, 0.05) is 19.2 Å². The van der Waals surface area contributed by atoms with Crippen molar-refractivity contribution >= 4 is 11.8 Å². The Bertz CT molecular complexity index is 294. The van der Waals surface area contributed by atoms with E-state index in [2.05, 4.69) is 5.32 Å². The van der Waals surface area contributed by atoms with Crippen LogP contribution < -0.4 is 10.6 Å². The van der Waals surface area contributed by atoms with Crippen molar-refractivity contribution in [1.82, 2.24) is 10.6 Å². The second-order valence-corrected chi connectivity index (χ2v) is 3.27. The molecule has 92 valence electrons. The molecule has 7 heteroatoms. The van der Waals surface area contributed by atoms with E-state index in [-0.39, 0.29) is 13.1 Å². The fourth-order valence-electron chi connectivity index (χ4n) is 0.775. The number of carbonyl (C=O) groups is 2. The molecular formula is C9H13F3N2O2. The average Bonchev–Trinajstić information content (AvgIpc) is 2.09. The van der Waals surface area contributed by atoms with Crippen LogP contribution >= 0.6 is 0 Å². The van der Waals surface area contributed by atoms with E-state index >= 15 is 0 Å². The van der Waals surface area contributed by atoms with Gasteiger partial charge in [0.15, 0.2) is 0 Å². The second kappa shape index (κ2) is 6.14. The summed E-state index contributed by atoms with van der Waals surface area (Å²) < 4.78 is 35.1. The third-order valence-electron chi connectivity index (χ3n) is 1.39. The summed E-state index contributed by atoms with van der Waals surface area (Å²) in [6.45, 7) is 3.11. The quantitative estimate of drug-likeness (QED) is 0.561. The molecule has 0 aromatic rings. The van der Waals surface area contributed by atoms with E-state index in [0.717, 1.165) is 5.57 Å². The molecule has 0 unspecified atom stereocenters. The van der Waals surface area contributed by atoms with Crippen LogP contribution in [-0.4, -0.2) is 31.1 Å². The third-order valence-corrected chi connectivity index (χ3v) is 1.39. The summed E-state index contributed by atoms with van der Waals surface area (Å²) in [6.07, 6.45) is -3.57. The summed E-state index contributed by atoms with van der Waals surface area (Å²) in [5, 5.41) is 3.96. The van der Waals surface area contributed by atoms with Gasteiger partial charge in [-0.05, 0) is 13.8 Å². The first-order valence-electron chi connectivity index (χ1n) is 4.51. The Morgan fingerprint density at radius 2 is 1.62 bits per heavy atom. The molecule has 0 fully saturated rings. The zero-order chi connectivity index (χ0) is 12.8. The predicted octanol–water partition coefficient (Wildman–Crippen LogP) is 0.747. The fraction of sp³-hybridized carbons (Fsp3) is 0.556. The SMILES string of the molecule is CC(C)=CC(=O)NCCNC(=O)C(F)(F)F. The summed E-state index contributed by atoms with van der Waals surface area (Å²) >= 11 is 0. The van der Waals surface area contributed by atoms with Crippen molar-refractivity contribution in [2.45, 2.75) is 20.0 Å². The van der Waals surface area contributed by atoms with Gasteiger partial charge in [-0.3, -0.25) is 9.59 Å². The second-order valence-electron chi connectivity index (χ2n) is 3.27. The number of nitrogens with one attached hydrogen (secondary N) is 2. The molecule has 0 aromatic carbocycles. The highest BCUT2D eigenvalue weighted by Crippen LogP contribution is 2.13.